The summed E-state index contributed by atoms with van der Waals surface area (Å²) in [6.45, 7) is 1.91. The fourth-order valence-electron chi connectivity index (χ4n) is 1.14. The van der Waals surface area contributed by atoms with Gasteiger partial charge in [0.05, 0.1) is 6.20 Å². The summed E-state index contributed by atoms with van der Waals surface area (Å²) in [6, 6.07) is 0.781. The molecule has 1 aromatic heterocycles. The maximum Gasteiger partial charge on any atom is 0.144 e. The van der Waals surface area contributed by atoms with Gasteiger partial charge in [-0.25, -0.2) is 4.98 Å². The van der Waals surface area contributed by atoms with Gasteiger partial charge < -0.3 is 10.6 Å². The van der Waals surface area contributed by atoms with Crippen LogP contribution in [0.4, 0.5) is 5.82 Å². The molecule has 1 aliphatic carbocycles. The maximum atomic E-state index is 4.11. The molecule has 1 heterocycles. The van der Waals surface area contributed by atoms with Crippen molar-refractivity contribution in [3.63, 3.8) is 0 Å². The highest BCUT2D eigenvalue weighted by Crippen LogP contribution is 2.17. The van der Waals surface area contributed by atoms with Gasteiger partial charge in [0.2, 0.25) is 0 Å². The number of nitrogens with zero attached hydrogens (tertiary/aromatic N) is 2. The SMILES string of the molecule is c1cnc(NCCNC2CC2)cn1. The number of nitrogens with one attached hydrogen (secondary N) is 2. The highest BCUT2D eigenvalue weighted by Gasteiger charge is 2.19. The standard InChI is InChI=1S/C9H14N4/c1-2-8(1)11-5-6-13-9-7-10-3-4-12-9/h3-4,7-8,11H,1-2,5-6H2,(H,12,13). The zero-order chi connectivity index (χ0) is 8.93. The topological polar surface area (TPSA) is 49.8 Å². The quantitative estimate of drug-likeness (QED) is 0.650. The van der Waals surface area contributed by atoms with Crippen molar-refractivity contribution in [2.24, 2.45) is 0 Å². The van der Waals surface area contributed by atoms with E-state index in [-0.39, 0.29) is 0 Å². The van der Waals surface area contributed by atoms with Crippen LogP contribution in [0.3, 0.4) is 0 Å². The van der Waals surface area contributed by atoms with Gasteiger partial charge in [-0.15, -0.1) is 0 Å². The van der Waals surface area contributed by atoms with E-state index in [1.165, 1.54) is 12.8 Å². The maximum absolute atomic E-state index is 4.11. The highest BCUT2D eigenvalue weighted by molar-refractivity contribution is 5.29. The zero-order valence-corrected chi connectivity index (χ0v) is 7.53. The molecule has 0 aromatic carbocycles. The van der Waals surface area contributed by atoms with Crippen LogP contribution < -0.4 is 10.6 Å². The van der Waals surface area contributed by atoms with Gasteiger partial charge in [-0.2, -0.15) is 0 Å². The Morgan fingerprint density at radius 1 is 1.31 bits per heavy atom. The fraction of sp³-hybridized carbons (Fsp3) is 0.556. The van der Waals surface area contributed by atoms with E-state index in [4.69, 9.17) is 0 Å². The van der Waals surface area contributed by atoms with Gasteiger partial charge in [0.1, 0.15) is 5.82 Å². The summed E-state index contributed by atoms with van der Waals surface area (Å²) < 4.78 is 0. The lowest BCUT2D eigenvalue weighted by Gasteiger charge is -2.04. The molecule has 13 heavy (non-hydrogen) atoms. The summed E-state index contributed by atoms with van der Waals surface area (Å²) in [4.78, 5) is 8.08. The third-order valence-corrected chi connectivity index (χ3v) is 2.00. The minimum Gasteiger partial charge on any atom is -0.368 e. The van der Waals surface area contributed by atoms with Crippen molar-refractivity contribution >= 4 is 5.82 Å². The third kappa shape index (κ3) is 2.99. The molecule has 0 bridgehead atoms. The average Bonchev–Trinajstić information content (AvgIpc) is 2.98. The molecular formula is C9H14N4. The molecule has 4 heteroatoms. The van der Waals surface area contributed by atoms with Gasteiger partial charge in [0.25, 0.3) is 0 Å². The Bertz CT molecular complexity index is 245. The lowest BCUT2D eigenvalue weighted by molar-refractivity contribution is 0.700. The molecule has 1 aromatic rings. The first-order valence-electron chi connectivity index (χ1n) is 4.68. The molecule has 4 nitrogen and oxygen atoms in total. The first-order chi connectivity index (χ1) is 6.45. The van der Waals surface area contributed by atoms with Crippen LogP contribution in [0.15, 0.2) is 18.6 Å². The van der Waals surface area contributed by atoms with Crippen molar-refractivity contribution in [1.29, 1.82) is 0 Å². The molecule has 0 radical (unpaired) electrons. The number of hydrogen-bond acceptors (Lipinski definition) is 4. The van der Waals surface area contributed by atoms with Crippen LogP contribution in [-0.2, 0) is 0 Å². The molecule has 0 unspecified atom stereocenters. The lowest BCUT2D eigenvalue weighted by Crippen LogP contribution is -2.24. The van der Waals surface area contributed by atoms with Crippen molar-refractivity contribution in [2.75, 3.05) is 18.4 Å². The second-order valence-corrected chi connectivity index (χ2v) is 3.25. The number of anilines is 1. The molecule has 0 saturated heterocycles. The molecule has 0 amide bonds. The van der Waals surface area contributed by atoms with Gasteiger partial charge in [0, 0.05) is 31.5 Å². The largest absolute Gasteiger partial charge is 0.368 e. The van der Waals surface area contributed by atoms with E-state index in [1.54, 1.807) is 18.6 Å². The summed E-state index contributed by atoms with van der Waals surface area (Å²) >= 11 is 0. The van der Waals surface area contributed by atoms with Crippen LogP contribution in [0.25, 0.3) is 0 Å². The second-order valence-electron chi connectivity index (χ2n) is 3.25. The van der Waals surface area contributed by atoms with Crippen molar-refractivity contribution in [2.45, 2.75) is 18.9 Å². The van der Waals surface area contributed by atoms with Crippen LogP contribution >= 0.6 is 0 Å². The summed E-state index contributed by atoms with van der Waals surface area (Å²) in [7, 11) is 0. The van der Waals surface area contributed by atoms with E-state index >= 15 is 0 Å². The normalized spacial score (nSPS) is 15.7. The lowest BCUT2D eigenvalue weighted by atomic mass is 10.5. The molecule has 1 fully saturated rings. The van der Waals surface area contributed by atoms with E-state index in [9.17, 15) is 0 Å². The minimum absolute atomic E-state index is 0.781. The van der Waals surface area contributed by atoms with E-state index in [2.05, 4.69) is 20.6 Å². The first kappa shape index (κ1) is 8.44. The van der Waals surface area contributed by atoms with E-state index in [1.807, 2.05) is 0 Å². The molecular weight excluding hydrogens is 164 g/mol. The van der Waals surface area contributed by atoms with Crippen LogP contribution in [0.2, 0.25) is 0 Å². The predicted molar refractivity (Wildman–Crippen MR) is 51.5 cm³/mol. The first-order valence-corrected chi connectivity index (χ1v) is 4.68. The Balaban J connectivity index is 1.61. The molecule has 0 aliphatic heterocycles. The smallest absolute Gasteiger partial charge is 0.144 e. The van der Waals surface area contributed by atoms with E-state index in [0.29, 0.717) is 0 Å². The Morgan fingerprint density at radius 3 is 2.92 bits per heavy atom. The Hall–Kier alpha value is -1.16. The number of rotatable bonds is 5. The summed E-state index contributed by atoms with van der Waals surface area (Å²) in [5, 5.41) is 6.61. The van der Waals surface area contributed by atoms with Gasteiger partial charge >= 0.3 is 0 Å². The number of aromatic nitrogens is 2. The van der Waals surface area contributed by atoms with Gasteiger partial charge in [-0.1, -0.05) is 0 Å². The molecule has 1 saturated carbocycles. The van der Waals surface area contributed by atoms with Gasteiger partial charge in [-0.05, 0) is 12.8 Å². The monoisotopic (exact) mass is 178 g/mol. The van der Waals surface area contributed by atoms with Gasteiger partial charge in [-0.3, -0.25) is 4.98 Å². The van der Waals surface area contributed by atoms with Crippen LogP contribution in [0, 0.1) is 0 Å². The molecule has 2 rings (SSSR count). The second kappa shape index (κ2) is 4.18. The average molecular weight is 178 g/mol. The molecule has 1 aliphatic rings. The van der Waals surface area contributed by atoms with Crippen LogP contribution in [0.5, 0.6) is 0 Å². The van der Waals surface area contributed by atoms with Gasteiger partial charge in [0.15, 0.2) is 0 Å². The highest BCUT2D eigenvalue weighted by atomic mass is 15.0. The van der Waals surface area contributed by atoms with Crippen LogP contribution in [-0.4, -0.2) is 29.1 Å². The Kier molecular flexibility index (Phi) is 2.72. The predicted octanol–water partition coefficient (Wildman–Crippen LogP) is 0.640. The molecule has 0 atom stereocenters. The van der Waals surface area contributed by atoms with Crippen molar-refractivity contribution in [3.8, 4) is 0 Å². The Morgan fingerprint density at radius 2 is 2.23 bits per heavy atom. The molecule has 2 N–H and O–H groups in total. The van der Waals surface area contributed by atoms with Crippen molar-refractivity contribution in [1.82, 2.24) is 15.3 Å². The number of hydrogen-bond donors (Lipinski definition) is 2. The third-order valence-electron chi connectivity index (χ3n) is 2.00. The minimum atomic E-state index is 0.781. The van der Waals surface area contributed by atoms with E-state index in [0.717, 1.165) is 24.9 Å². The Labute approximate surface area is 77.8 Å². The van der Waals surface area contributed by atoms with Crippen molar-refractivity contribution in [3.05, 3.63) is 18.6 Å². The van der Waals surface area contributed by atoms with E-state index < -0.39 is 0 Å². The summed E-state index contributed by atoms with van der Waals surface area (Å²) in [6.07, 6.45) is 7.78. The molecule has 0 spiro atoms. The van der Waals surface area contributed by atoms with Crippen molar-refractivity contribution < 1.29 is 0 Å². The summed E-state index contributed by atoms with van der Waals surface area (Å²) in [5.74, 6) is 0.847. The fourth-order valence-corrected chi connectivity index (χ4v) is 1.14. The molecule has 70 valence electrons. The van der Waals surface area contributed by atoms with Crippen LogP contribution in [0.1, 0.15) is 12.8 Å². The summed E-state index contributed by atoms with van der Waals surface area (Å²) in [5.41, 5.74) is 0. The zero-order valence-electron chi connectivity index (χ0n) is 7.53.